The lowest BCUT2D eigenvalue weighted by Crippen LogP contribution is -2.40. The highest BCUT2D eigenvalue weighted by molar-refractivity contribution is 5.98. The van der Waals surface area contributed by atoms with Crippen LogP contribution in [0, 0.1) is 16.7 Å². The Balaban J connectivity index is 2.35. The highest BCUT2D eigenvalue weighted by Gasteiger charge is 2.62. The van der Waals surface area contributed by atoms with Crippen LogP contribution in [0.15, 0.2) is 71.9 Å². The van der Waals surface area contributed by atoms with Crippen LogP contribution in [0.4, 0.5) is 0 Å². The zero-order chi connectivity index (χ0) is 21.7. The smallest absolute Gasteiger partial charge is 0.336 e. The van der Waals surface area contributed by atoms with Crippen molar-refractivity contribution in [2.45, 2.75) is 25.7 Å². The number of nitriles is 1. The number of hydrogen-bond acceptors (Lipinski definition) is 6. The number of hydrogen-bond donors (Lipinski definition) is 1. The molecule has 3 rings (SSSR count). The molecule has 0 bridgehead atoms. The highest BCUT2D eigenvalue weighted by Crippen LogP contribution is 2.58. The van der Waals surface area contributed by atoms with Gasteiger partial charge in [-0.25, -0.2) is 9.59 Å². The molecule has 0 aliphatic heterocycles. The van der Waals surface area contributed by atoms with Gasteiger partial charge in [0.25, 0.3) is 0 Å². The van der Waals surface area contributed by atoms with Gasteiger partial charge >= 0.3 is 11.9 Å². The van der Waals surface area contributed by atoms with E-state index in [4.69, 9.17) is 15.2 Å². The number of esters is 2. The second-order valence-electron chi connectivity index (χ2n) is 6.96. The Morgan fingerprint density at radius 1 is 0.967 bits per heavy atom. The van der Waals surface area contributed by atoms with E-state index < -0.39 is 29.2 Å². The van der Waals surface area contributed by atoms with Gasteiger partial charge in [-0.05, 0) is 25.0 Å². The van der Waals surface area contributed by atoms with Crippen molar-refractivity contribution >= 4 is 11.9 Å². The molecule has 0 radical (unpaired) electrons. The van der Waals surface area contributed by atoms with Crippen molar-refractivity contribution in [2.75, 3.05) is 13.2 Å². The maximum absolute atomic E-state index is 13.2. The minimum absolute atomic E-state index is 0.0851. The molecule has 0 saturated heterocycles. The first-order chi connectivity index (χ1) is 14.5. The highest BCUT2D eigenvalue weighted by atomic mass is 16.5. The zero-order valence-electron chi connectivity index (χ0n) is 17.0. The minimum Gasteiger partial charge on any atom is -0.464 e. The van der Waals surface area contributed by atoms with Crippen LogP contribution in [0.1, 0.15) is 36.8 Å². The number of carbonyl (C=O) groups is 2. The number of nitrogens with zero attached hydrogens (tertiary/aromatic N) is 1. The number of carbonyl (C=O) groups excluding carboxylic acids is 2. The molecule has 0 spiro atoms. The number of benzene rings is 2. The molecule has 30 heavy (non-hydrogen) atoms. The summed E-state index contributed by atoms with van der Waals surface area (Å²) in [5.74, 6) is -2.79. The van der Waals surface area contributed by atoms with Gasteiger partial charge in [-0.3, -0.25) is 0 Å². The molecule has 0 unspecified atom stereocenters. The molecule has 154 valence electrons. The van der Waals surface area contributed by atoms with Crippen molar-refractivity contribution in [1.29, 1.82) is 5.26 Å². The molecule has 1 aliphatic carbocycles. The van der Waals surface area contributed by atoms with Crippen LogP contribution in [0.2, 0.25) is 0 Å². The predicted molar refractivity (Wildman–Crippen MR) is 111 cm³/mol. The normalized spacial score (nSPS) is 23.0. The van der Waals surface area contributed by atoms with E-state index in [0.717, 1.165) is 5.56 Å². The molecule has 2 N–H and O–H groups in total. The van der Waals surface area contributed by atoms with Gasteiger partial charge in [0.1, 0.15) is 0 Å². The average Bonchev–Trinajstić information content (AvgIpc) is 3.04. The SMILES string of the molecule is CCOC(=O)C1=C(N)[C@](C#N)(C(=O)OCC)[C@@H](c2ccccc2)[C@@H]1c1ccccc1. The first-order valence-corrected chi connectivity index (χ1v) is 9.88. The lowest BCUT2D eigenvalue weighted by atomic mass is 9.69. The van der Waals surface area contributed by atoms with Gasteiger partial charge in [0.2, 0.25) is 5.41 Å². The van der Waals surface area contributed by atoms with Gasteiger partial charge in [0.15, 0.2) is 0 Å². The maximum atomic E-state index is 13.2. The molecule has 0 amide bonds. The fourth-order valence-corrected chi connectivity index (χ4v) is 4.19. The van der Waals surface area contributed by atoms with Crippen LogP contribution in [-0.2, 0) is 19.1 Å². The Morgan fingerprint density at radius 2 is 1.50 bits per heavy atom. The van der Waals surface area contributed by atoms with E-state index >= 15 is 0 Å². The summed E-state index contributed by atoms with van der Waals surface area (Å²) in [4.78, 5) is 26.2. The monoisotopic (exact) mass is 404 g/mol. The number of nitrogens with two attached hydrogens (primary N) is 1. The van der Waals surface area contributed by atoms with Gasteiger partial charge in [-0.15, -0.1) is 0 Å². The summed E-state index contributed by atoms with van der Waals surface area (Å²) < 4.78 is 10.6. The van der Waals surface area contributed by atoms with Crippen LogP contribution >= 0.6 is 0 Å². The molecule has 2 aromatic rings. The molecule has 0 fully saturated rings. The van der Waals surface area contributed by atoms with E-state index in [9.17, 15) is 14.9 Å². The van der Waals surface area contributed by atoms with E-state index in [1.54, 1.807) is 13.8 Å². The van der Waals surface area contributed by atoms with E-state index in [-0.39, 0.29) is 24.5 Å². The maximum Gasteiger partial charge on any atom is 0.336 e. The van der Waals surface area contributed by atoms with Crippen molar-refractivity contribution in [3.05, 3.63) is 83.1 Å². The van der Waals surface area contributed by atoms with Crippen LogP contribution in [-0.4, -0.2) is 25.2 Å². The lowest BCUT2D eigenvalue weighted by molar-refractivity contribution is -0.151. The summed E-state index contributed by atoms with van der Waals surface area (Å²) in [6.45, 7) is 3.59. The number of ether oxygens (including phenoxy) is 2. The van der Waals surface area contributed by atoms with Gasteiger partial charge in [-0.1, -0.05) is 60.7 Å². The van der Waals surface area contributed by atoms with Gasteiger partial charge in [0, 0.05) is 11.8 Å². The second-order valence-corrected chi connectivity index (χ2v) is 6.96. The topological polar surface area (TPSA) is 102 Å². The fraction of sp³-hybridized carbons (Fsp3) is 0.292. The summed E-state index contributed by atoms with van der Waals surface area (Å²) in [6.07, 6.45) is 0. The average molecular weight is 404 g/mol. The van der Waals surface area contributed by atoms with Crippen LogP contribution in [0.25, 0.3) is 0 Å². The molecule has 0 saturated carbocycles. The quantitative estimate of drug-likeness (QED) is 0.740. The predicted octanol–water partition coefficient (Wildman–Crippen LogP) is 3.42. The second kappa shape index (κ2) is 8.83. The largest absolute Gasteiger partial charge is 0.464 e. The molecule has 0 heterocycles. The standard InChI is InChI=1S/C24H24N2O4/c1-3-29-22(27)19-18(16-11-7-5-8-12-16)20(17-13-9-6-10-14-17)24(15-25,21(19)26)23(28)30-4-2/h5-14,18,20H,3-4,26H2,1-2H3/t18-,20+,24-/m1/s1. The van der Waals surface area contributed by atoms with Crippen molar-refractivity contribution < 1.29 is 19.1 Å². The zero-order valence-corrected chi connectivity index (χ0v) is 17.0. The van der Waals surface area contributed by atoms with Crippen molar-refractivity contribution in [3.63, 3.8) is 0 Å². The molecule has 6 heteroatoms. The van der Waals surface area contributed by atoms with Crippen LogP contribution in [0.3, 0.4) is 0 Å². The Morgan fingerprint density at radius 3 is 2.00 bits per heavy atom. The molecule has 2 aromatic carbocycles. The Kier molecular flexibility index (Phi) is 6.22. The molecule has 1 aliphatic rings. The Hall–Kier alpha value is -3.59. The van der Waals surface area contributed by atoms with Gasteiger partial charge < -0.3 is 15.2 Å². The molecular formula is C24H24N2O4. The molecule has 3 atom stereocenters. The molecule has 0 aromatic heterocycles. The van der Waals surface area contributed by atoms with E-state index in [1.807, 2.05) is 60.7 Å². The first kappa shape index (κ1) is 21.1. The lowest BCUT2D eigenvalue weighted by Gasteiger charge is -2.31. The Bertz CT molecular complexity index is 995. The van der Waals surface area contributed by atoms with Gasteiger partial charge in [-0.2, -0.15) is 5.26 Å². The van der Waals surface area contributed by atoms with Crippen molar-refractivity contribution in [3.8, 4) is 6.07 Å². The summed E-state index contributed by atoms with van der Waals surface area (Å²) >= 11 is 0. The van der Waals surface area contributed by atoms with E-state index in [1.165, 1.54) is 0 Å². The summed E-state index contributed by atoms with van der Waals surface area (Å²) in [5, 5.41) is 10.3. The minimum atomic E-state index is -1.85. The van der Waals surface area contributed by atoms with E-state index in [0.29, 0.717) is 5.56 Å². The van der Waals surface area contributed by atoms with Gasteiger partial charge in [0.05, 0.1) is 30.6 Å². The van der Waals surface area contributed by atoms with Crippen LogP contribution in [0.5, 0.6) is 0 Å². The summed E-state index contributed by atoms with van der Waals surface area (Å²) in [6, 6.07) is 20.5. The summed E-state index contributed by atoms with van der Waals surface area (Å²) in [7, 11) is 0. The van der Waals surface area contributed by atoms with E-state index in [2.05, 4.69) is 6.07 Å². The van der Waals surface area contributed by atoms with Crippen molar-refractivity contribution in [1.82, 2.24) is 0 Å². The fourth-order valence-electron chi connectivity index (χ4n) is 4.19. The Labute approximate surface area is 175 Å². The third-order valence-electron chi connectivity index (χ3n) is 5.41. The number of rotatable bonds is 6. The van der Waals surface area contributed by atoms with Crippen LogP contribution < -0.4 is 5.73 Å². The molecule has 6 nitrogen and oxygen atoms in total. The summed E-state index contributed by atoms with van der Waals surface area (Å²) in [5.41, 5.74) is 6.09. The third kappa shape index (κ3) is 3.33. The first-order valence-electron chi connectivity index (χ1n) is 9.88. The molecular weight excluding hydrogens is 380 g/mol. The third-order valence-corrected chi connectivity index (χ3v) is 5.41. The van der Waals surface area contributed by atoms with Crippen molar-refractivity contribution in [2.24, 2.45) is 11.1 Å².